The summed E-state index contributed by atoms with van der Waals surface area (Å²) in [5, 5.41) is 23.1. The van der Waals surface area contributed by atoms with Gasteiger partial charge in [-0.3, -0.25) is 14.9 Å². The Morgan fingerprint density at radius 3 is 2.52 bits per heavy atom. The predicted octanol–water partition coefficient (Wildman–Crippen LogP) is 2.42. The topological polar surface area (TPSA) is 131 Å². The van der Waals surface area contributed by atoms with E-state index in [0.29, 0.717) is 12.3 Å². The Hall–Kier alpha value is -3.17. The van der Waals surface area contributed by atoms with Gasteiger partial charge in [0, 0.05) is 36.1 Å². The summed E-state index contributed by atoms with van der Waals surface area (Å²) in [7, 11) is 0. The average Bonchev–Trinajstić information content (AvgIpc) is 2.73. The minimum absolute atomic E-state index is 0.0369. The first-order valence-corrected chi connectivity index (χ1v) is 9.40. The van der Waals surface area contributed by atoms with E-state index in [0.717, 1.165) is 31.6 Å². The normalized spacial score (nSPS) is 14.6. The SMILES string of the molecule is NC(=O)c1ccc([N+](=O)[O-])c(Nc2ccc(N3CCC(OCCO)CC3)cc2)c1. The third-order valence-corrected chi connectivity index (χ3v) is 4.88. The van der Waals surface area contributed by atoms with E-state index in [-0.39, 0.29) is 29.6 Å². The van der Waals surface area contributed by atoms with Gasteiger partial charge in [0.2, 0.25) is 5.91 Å². The lowest BCUT2D eigenvalue weighted by molar-refractivity contribution is -0.383. The average molecular weight is 400 g/mol. The highest BCUT2D eigenvalue weighted by atomic mass is 16.6. The third kappa shape index (κ3) is 5.21. The van der Waals surface area contributed by atoms with E-state index >= 15 is 0 Å². The van der Waals surface area contributed by atoms with Crippen LogP contribution >= 0.6 is 0 Å². The molecule has 0 spiro atoms. The number of aliphatic hydroxyl groups is 1. The van der Waals surface area contributed by atoms with Crippen LogP contribution in [0.5, 0.6) is 0 Å². The van der Waals surface area contributed by atoms with Gasteiger partial charge in [-0.15, -0.1) is 0 Å². The highest BCUT2D eigenvalue weighted by molar-refractivity contribution is 5.95. The molecule has 1 aliphatic rings. The molecule has 1 aliphatic heterocycles. The van der Waals surface area contributed by atoms with E-state index in [9.17, 15) is 14.9 Å². The first-order chi connectivity index (χ1) is 14.0. The molecule has 0 radical (unpaired) electrons. The van der Waals surface area contributed by atoms with Crippen molar-refractivity contribution >= 4 is 28.7 Å². The molecule has 1 fully saturated rings. The molecule has 3 rings (SSSR count). The van der Waals surface area contributed by atoms with Crippen molar-refractivity contribution in [2.45, 2.75) is 18.9 Å². The van der Waals surface area contributed by atoms with Crippen molar-refractivity contribution in [1.82, 2.24) is 0 Å². The highest BCUT2D eigenvalue weighted by Gasteiger charge is 2.20. The maximum Gasteiger partial charge on any atom is 0.292 e. The molecule has 154 valence electrons. The minimum Gasteiger partial charge on any atom is -0.394 e. The fourth-order valence-corrected chi connectivity index (χ4v) is 3.36. The number of nitro benzene ring substituents is 1. The van der Waals surface area contributed by atoms with Crippen LogP contribution in [0.3, 0.4) is 0 Å². The maximum absolute atomic E-state index is 11.4. The Labute approximate surface area is 168 Å². The van der Waals surface area contributed by atoms with E-state index in [4.69, 9.17) is 15.6 Å². The Morgan fingerprint density at radius 2 is 1.93 bits per heavy atom. The molecule has 1 saturated heterocycles. The lowest BCUT2D eigenvalue weighted by Crippen LogP contribution is -2.37. The fourth-order valence-electron chi connectivity index (χ4n) is 3.36. The first-order valence-electron chi connectivity index (χ1n) is 9.40. The van der Waals surface area contributed by atoms with Crippen molar-refractivity contribution in [1.29, 1.82) is 0 Å². The van der Waals surface area contributed by atoms with Crippen LogP contribution in [-0.2, 0) is 4.74 Å². The zero-order valence-electron chi connectivity index (χ0n) is 15.9. The number of nitro groups is 1. The number of benzene rings is 2. The van der Waals surface area contributed by atoms with E-state index in [2.05, 4.69) is 10.2 Å². The van der Waals surface area contributed by atoms with E-state index in [1.165, 1.54) is 18.2 Å². The number of ether oxygens (including phenoxy) is 1. The predicted molar refractivity (Wildman–Crippen MR) is 110 cm³/mol. The molecule has 2 aromatic carbocycles. The number of carbonyl (C=O) groups is 1. The Kier molecular flexibility index (Phi) is 6.63. The van der Waals surface area contributed by atoms with Crippen molar-refractivity contribution in [3.05, 3.63) is 58.1 Å². The zero-order valence-corrected chi connectivity index (χ0v) is 15.9. The summed E-state index contributed by atoms with van der Waals surface area (Å²) in [5.74, 6) is -0.648. The number of primary amides is 1. The second-order valence-electron chi connectivity index (χ2n) is 6.81. The van der Waals surface area contributed by atoms with Crippen LogP contribution in [0.25, 0.3) is 0 Å². The monoisotopic (exact) mass is 400 g/mol. The summed E-state index contributed by atoms with van der Waals surface area (Å²) in [6, 6.07) is 11.5. The summed E-state index contributed by atoms with van der Waals surface area (Å²) in [6.45, 7) is 2.12. The van der Waals surface area contributed by atoms with Gasteiger partial charge >= 0.3 is 0 Å². The van der Waals surface area contributed by atoms with Crippen molar-refractivity contribution in [2.24, 2.45) is 5.73 Å². The third-order valence-electron chi connectivity index (χ3n) is 4.88. The highest BCUT2D eigenvalue weighted by Crippen LogP contribution is 2.30. The van der Waals surface area contributed by atoms with Gasteiger partial charge in [0.05, 0.1) is 24.2 Å². The minimum atomic E-state index is -0.648. The second-order valence-corrected chi connectivity index (χ2v) is 6.81. The molecule has 0 aromatic heterocycles. The molecule has 9 nitrogen and oxygen atoms in total. The number of amides is 1. The van der Waals surface area contributed by atoms with Gasteiger partial charge in [-0.05, 0) is 49.2 Å². The van der Waals surface area contributed by atoms with Crippen LogP contribution in [0, 0.1) is 10.1 Å². The van der Waals surface area contributed by atoms with Gasteiger partial charge in [-0.2, -0.15) is 0 Å². The van der Waals surface area contributed by atoms with Crippen LogP contribution in [0.15, 0.2) is 42.5 Å². The molecule has 1 amide bonds. The van der Waals surface area contributed by atoms with Crippen LogP contribution in [0.4, 0.5) is 22.7 Å². The van der Waals surface area contributed by atoms with Gasteiger partial charge in [0.25, 0.3) is 5.69 Å². The number of piperidine rings is 1. The summed E-state index contributed by atoms with van der Waals surface area (Å²) in [4.78, 5) is 24.4. The Morgan fingerprint density at radius 1 is 1.24 bits per heavy atom. The first kappa shape index (κ1) is 20.6. The van der Waals surface area contributed by atoms with Crippen molar-refractivity contribution in [2.75, 3.05) is 36.5 Å². The van der Waals surface area contributed by atoms with E-state index in [1.807, 2.05) is 24.3 Å². The number of hydrogen-bond acceptors (Lipinski definition) is 7. The standard InChI is InChI=1S/C20H24N4O5/c21-20(26)14-1-6-19(24(27)28)18(13-14)22-15-2-4-16(5-3-15)23-9-7-17(8-10-23)29-12-11-25/h1-6,13,17,22,25H,7-12H2,(H2,21,26). The largest absolute Gasteiger partial charge is 0.394 e. The molecule has 29 heavy (non-hydrogen) atoms. The van der Waals surface area contributed by atoms with Crippen LogP contribution < -0.4 is 16.0 Å². The van der Waals surface area contributed by atoms with Crippen molar-refractivity contribution < 1.29 is 19.6 Å². The Balaban J connectivity index is 1.68. The Bertz CT molecular complexity index is 864. The van der Waals surface area contributed by atoms with Gasteiger partial charge in [0.1, 0.15) is 5.69 Å². The zero-order chi connectivity index (χ0) is 20.8. The smallest absolute Gasteiger partial charge is 0.292 e. The number of anilines is 3. The quantitative estimate of drug-likeness (QED) is 0.458. The lowest BCUT2D eigenvalue weighted by Gasteiger charge is -2.33. The molecular weight excluding hydrogens is 376 g/mol. The molecule has 4 N–H and O–H groups in total. The molecule has 0 saturated carbocycles. The molecule has 0 atom stereocenters. The fraction of sp³-hybridized carbons (Fsp3) is 0.350. The number of nitrogens with two attached hydrogens (primary N) is 1. The van der Waals surface area contributed by atoms with Gasteiger partial charge < -0.3 is 25.8 Å². The molecule has 9 heteroatoms. The second kappa shape index (κ2) is 9.35. The summed E-state index contributed by atoms with van der Waals surface area (Å²) in [6.07, 6.45) is 1.97. The van der Waals surface area contributed by atoms with Gasteiger partial charge in [-0.1, -0.05) is 0 Å². The van der Waals surface area contributed by atoms with Crippen LogP contribution in [-0.4, -0.2) is 48.3 Å². The molecular formula is C20H24N4O5. The van der Waals surface area contributed by atoms with Crippen LogP contribution in [0.1, 0.15) is 23.2 Å². The maximum atomic E-state index is 11.4. The summed E-state index contributed by atoms with van der Waals surface area (Å²) in [5.41, 5.74) is 7.27. The molecule has 1 heterocycles. The number of hydrogen-bond donors (Lipinski definition) is 3. The van der Waals surface area contributed by atoms with Crippen LogP contribution in [0.2, 0.25) is 0 Å². The number of aliphatic hydroxyl groups excluding tert-OH is 1. The lowest BCUT2D eigenvalue weighted by atomic mass is 10.1. The molecule has 0 bridgehead atoms. The molecule has 0 aliphatic carbocycles. The number of nitrogens with zero attached hydrogens (tertiary/aromatic N) is 2. The van der Waals surface area contributed by atoms with Gasteiger partial charge in [0.15, 0.2) is 0 Å². The molecule has 2 aromatic rings. The summed E-state index contributed by atoms with van der Waals surface area (Å²) < 4.78 is 5.58. The summed E-state index contributed by atoms with van der Waals surface area (Å²) >= 11 is 0. The number of nitrogens with one attached hydrogen (secondary N) is 1. The molecule has 0 unspecified atom stereocenters. The van der Waals surface area contributed by atoms with Crippen molar-refractivity contribution in [3.8, 4) is 0 Å². The van der Waals surface area contributed by atoms with E-state index < -0.39 is 10.8 Å². The van der Waals surface area contributed by atoms with Gasteiger partial charge in [-0.25, -0.2) is 0 Å². The van der Waals surface area contributed by atoms with Crippen molar-refractivity contribution in [3.63, 3.8) is 0 Å². The van der Waals surface area contributed by atoms with E-state index in [1.54, 1.807) is 0 Å². The number of rotatable bonds is 8. The number of carbonyl (C=O) groups excluding carboxylic acids is 1.